The molecular formula is C17H18N4S. The van der Waals surface area contributed by atoms with E-state index in [1.54, 1.807) is 11.3 Å². The first kappa shape index (κ1) is 13.5. The van der Waals surface area contributed by atoms with E-state index in [-0.39, 0.29) is 0 Å². The number of anilines is 1. The van der Waals surface area contributed by atoms with Gasteiger partial charge < -0.3 is 4.90 Å². The monoisotopic (exact) mass is 310 g/mol. The van der Waals surface area contributed by atoms with Gasteiger partial charge in [0.2, 0.25) is 0 Å². The zero-order valence-electron chi connectivity index (χ0n) is 12.5. The van der Waals surface area contributed by atoms with Gasteiger partial charge in [-0.15, -0.1) is 11.3 Å². The molecule has 4 nitrogen and oxygen atoms in total. The first-order valence-electron chi connectivity index (χ1n) is 7.54. The quantitative estimate of drug-likeness (QED) is 0.742. The SMILES string of the molecule is Cn1cc(C2CCN(c3nc(-c4ccccc4)cs3)C2)cn1. The molecule has 0 bridgehead atoms. The highest BCUT2D eigenvalue weighted by Crippen LogP contribution is 2.34. The fraction of sp³-hybridized carbons (Fsp3) is 0.294. The molecule has 0 radical (unpaired) electrons. The number of nitrogens with zero attached hydrogens (tertiary/aromatic N) is 4. The second-order valence-corrected chi connectivity index (χ2v) is 6.60. The lowest BCUT2D eigenvalue weighted by Gasteiger charge is -2.14. The fourth-order valence-corrected chi connectivity index (χ4v) is 3.88. The maximum absolute atomic E-state index is 4.82. The summed E-state index contributed by atoms with van der Waals surface area (Å²) in [7, 11) is 1.98. The van der Waals surface area contributed by atoms with E-state index in [4.69, 9.17) is 4.98 Å². The van der Waals surface area contributed by atoms with Crippen LogP contribution >= 0.6 is 11.3 Å². The molecular weight excluding hydrogens is 292 g/mol. The Morgan fingerprint density at radius 2 is 2.09 bits per heavy atom. The summed E-state index contributed by atoms with van der Waals surface area (Å²) in [6, 6.07) is 10.4. The molecule has 0 aliphatic carbocycles. The molecule has 1 unspecified atom stereocenters. The highest BCUT2D eigenvalue weighted by atomic mass is 32.1. The first-order valence-corrected chi connectivity index (χ1v) is 8.42. The molecule has 1 atom stereocenters. The van der Waals surface area contributed by atoms with Crippen LogP contribution in [0.15, 0.2) is 48.1 Å². The molecule has 0 saturated carbocycles. The standard InChI is InChI=1S/C17H18N4S/c1-20-10-15(9-18-20)14-7-8-21(11-14)17-19-16(12-22-17)13-5-3-2-4-6-13/h2-6,9-10,12,14H,7-8,11H2,1H3. The Morgan fingerprint density at radius 3 is 2.86 bits per heavy atom. The summed E-state index contributed by atoms with van der Waals surface area (Å²) in [5, 5.41) is 7.57. The summed E-state index contributed by atoms with van der Waals surface area (Å²) in [5.41, 5.74) is 3.60. The van der Waals surface area contributed by atoms with E-state index in [9.17, 15) is 0 Å². The van der Waals surface area contributed by atoms with Crippen LogP contribution in [0.2, 0.25) is 0 Å². The lowest BCUT2D eigenvalue weighted by atomic mass is 10.0. The molecule has 22 heavy (non-hydrogen) atoms. The maximum Gasteiger partial charge on any atom is 0.185 e. The van der Waals surface area contributed by atoms with Crippen LogP contribution in [-0.4, -0.2) is 27.9 Å². The number of thiazole rings is 1. The maximum atomic E-state index is 4.82. The van der Waals surface area contributed by atoms with Crippen molar-refractivity contribution in [2.24, 2.45) is 7.05 Å². The number of aryl methyl sites for hydroxylation is 1. The zero-order chi connectivity index (χ0) is 14.9. The van der Waals surface area contributed by atoms with Gasteiger partial charge in [-0.25, -0.2) is 4.98 Å². The van der Waals surface area contributed by atoms with Crippen molar-refractivity contribution in [1.29, 1.82) is 0 Å². The lowest BCUT2D eigenvalue weighted by molar-refractivity contribution is 0.754. The molecule has 112 valence electrons. The molecule has 1 aromatic carbocycles. The number of rotatable bonds is 3. The van der Waals surface area contributed by atoms with Gasteiger partial charge in [0, 0.05) is 43.2 Å². The number of hydrogen-bond acceptors (Lipinski definition) is 4. The van der Waals surface area contributed by atoms with E-state index in [1.807, 2.05) is 24.0 Å². The number of aromatic nitrogens is 3. The van der Waals surface area contributed by atoms with Crippen molar-refractivity contribution in [3.8, 4) is 11.3 Å². The van der Waals surface area contributed by atoms with E-state index in [0.29, 0.717) is 5.92 Å². The van der Waals surface area contributed by atoms with Crippen LogP contribution in [0.1, 0.15) is 17.9 Å². The number of benzene rings is 1. The van der Waals surface area contributed by atoms with E-state index >= 15 is 0 Å². The average Bonchev–Trinajstić information content (AvgIpc) is 3.27. The minimum Gasteiger partial charge on any atom is -0.347 e. The van der Waals surface area contributed by atoms with E-state index in [1.165, 1.54) is 17.5 Å². The Balaban J connectivity index is 1.51. The van der Waals surface area contributed by atoms with Crippen LogP contribution in [0.3, 0.4) is 0 Å². The Labute approximate surface area is 134 Å². The van der Waals surface area contributed by atoms with Gasteiger partial charge in [-0.05, 0) is 12.0 Å². The predicted octanol–water partition coefficient (Wildman–Crippen LogP) is 3.54. The molecule has 1 aliphatic heterocycles. The third kappa shape index (κ3) is 2.52. The Hall–Kier alpha value is -2.14. The predicted molar refractivity (Wildman–Crippen MR) is 90.3 cm³/mol. The number of hydrogen-bond donors (Lipinski definition) is 0. The highest BCUT2D eigenvalue weighted by Gasteiger charge is 2.26. The molecule has 5 heteroatoms. The van der Waals surface area contributed by atoms with Crippen molar-refractivity contribution in [2.45, 2.75) is 12.3 Å². The van der Waals surface area contributed by atoms with Gasteiger partial charge in [-0.1, -0.05) is 30.3 Å². The second kappa shape index (κ2) is 5.57. The van der Waals surface area contributed by atoms with E-state index in [2.05, 4.69) is 45.8 Å². The molecule has 0 N–H and O–H groups in total. The summed E-state index contributed by atoms with van der Waals surface area (Å²) < 4.78 is 1.88. The molecule has 1 fully saturated rings. The molecule has 0 amide bonds. The molecule has 2 aromatic heterocycles. The summed E-state index contributed by atoms with van der Waals surface area (Å²) >= 11 is 1.74. The van der Waals surface area contributed by atoms with Crippen molar-refractivity contribution < 1.29 is 0 Å². The minimum absolute atomic E-state index is 0.567. The topological polar surface area (TPSA) is 34.0 Å². The third-order valence-corrected chi connectivity index (χ3v) is 5.12. The summed E-state index contributed by atoms with van der Waals surface area (Å²) in [6.45, 7) is 2.11. The Bertz CT molecular complexity index is 762. The molecule has 0 spiro atoms. The van der Waals surface area contributed by atoms with Gasteiger partial charge in [0.15, 0.2) is 5.13 Å². The van der Waals surface area contributed by atoms with Crippen LogP contribution in [-0.2, 0) is 7.05 Å². The van der Waals surface area contributed by atoms with Crippen LogP contribution in [0.25, 0.3) is 11.3 Å². The van der Waals surface area contributed by atoms with Gasteiger partial charge in [0.1, 0.15) is 0 Å². The summed E-state index contributed by atoms with van der Waals surface area (Å²) in [4.78, 5) is 7.22. The molecule has 1 saturated heterocycles. The largest absolute Gasteiger partial charge is 0.347 e. The van der Waals surface area contributed by atoms with Crippen molar-refractivity contribution >= 4 is 16.5 Å². The second-order valence-electron chi connectivity index (χ2n) is 5.76. The lowest BCUT2D eigenvalue weighted by Crippen LogP contribution is -2.18. The molecule has 1 aliphatic rings. The summed E-state index contributed by atoms with van der Waals surface area (Å²) in [6.07, 6.45) is 5.29. The third-order valence-electron chi connectivity index (χ3n) is 4.22. The van der Waals surface area contributed by atoms with E-state index in [0.717, 1.165) is 23.9 Å². The first-order chi connectivity index (χ1) is 10.8. The van der Waals surface area contributed by atoms with Crippen LogP contribution < -0.4 is 4.90 Å². The highest BCUT2D eigenvalue weighted by molar-refractivity contribution is 7.14. The van der Waals surface area contributed by atoms with Crippen molar-refractivity contribution in [2.75, 3.05) is 18.0 Å². The average molecular weight is 310 g/mol. The van der Waals surface area contributed by atoms with E-state index < -0.39 is 0 Å². The molecule has 3 heterocycles. The van der Waals surface area contributed by atoms with Crippen molar-refractivity contribution in [1.82, 2.24) is 14.8 Å². The smallest absolute Gasteiger partial charge is 0.185 e. The van der Waals surface area contributed by atoms with Gasteiger partial charge in [-0.2, -0.15) is 5.10 Å². The zero-order valence-corrected chi connectivity index (χ0v) is 13.3. The molecule has 3 aromatic rings. The normalized spacial score (nSPS) is 18.0. The van der Waals surface area contributed by atoms with Crippen LogP contribution in [0, 0.1) is 0 Å². The van der Waals surface area contributed by atoms with Gasteiger partial charge in [0.25, 0.3) is 0 Å². The van der Waals surface area contributed by atoms with Crippen molar-refractivity contribution in [3.63, 3.8) is 0 Å². The Kier molecular flexibility index (Phi) is 3.42. The van der Waals surface area contributed by atoms with Crippen molar-refractivity contribution in [3.05, 3.63) is 53.7 Å². The van der Waals surface area contributed by atoms with Gasteiger partial charge >= 0.3 is 0 Å². The minimum atomic E-state index is 0.567. The summed E-state index contributed by atoms with van der Waals surface area (Å²) in [5.74, 6) is 0.567. The van der Waals surface area contributed by atoms with Gasteiger partial charge in [0.05, 0.1) is 11.9 Å². The van der Waals surface area contributed by atoms with Crippen LogP contribution in [0.5, 0.6) is 0 Å². The van der Waals surface area contributed by atoms with Crippen LogP contribution in [0.4, 0.5) is 5.13 Å². The van der Waals surface area contributed by atoms with Gasteiger partial charge in [-0.3, -0.25) is 4.68 Å². The molecule has 4 rings (SSSR count). The fourth-order valence-electron chi connectivity index (χ4n) is 3.01. The Morgan fingerprint density at radius 1 is 1.23 bits per heavy atom.